The van der Waals surface area contributed by atoms with Gasteiger partial charge in [0.15, 0.2) is 0 Å². The predicted octanol–water partition coefficient (Wildman–Crippen LogP) is 5.40. The maximum Gasteiger partial charge on any atom is 0.146 e. The molecule has 0 aliphatic rings. The van der Waals surface area contributed by atoms with Gasteiger partial charge in [-0.25, -0.2) is 4.98 Å². The number of aromatic nitrogens is 2. The van der Waals surface area contributed by atoms with Gasteiger partial charge in [0.25, 0.3) is 0 Å². The Kier molecular flexibility index (Phi) is 4.87. The first-order valence-electron chi connectivity index (χ1n) is 8.78. The third kappa shape index (κ3) is 3.02. The second kappa shape index (κ2) is 7.07. The van der Waals surface area contributed by atoms with Gasteiger partial charge in [0.1, 0.15) is 19.6 Å². The molecule has 0 aliphatic heterocycles. The van der Waals surface area contributed by atoms with Crippen LogP contribution in [0, 0.1) is 11.5 Å². The van der Waals surface area contributed by atoms with Crippen molar-refractivity contribution in [1.82, 2.24) is 9.38 Å². The van der Waals surface area contributed by atoms with Crippen molar-refractivity contribution in [2.45, 2.75) is 38.9 Å². The maximum absolute atomic E-state index is 4.88. The molecule has 3 heteroatoms. The number of hydrogen-bond acceptors (Lipinski definition) is 1. The van der Waals surface area contributed by atoms with Gasteiger partial charge in [-0.1, -0.05) is 63.1 Å². The average Bonchev–Trinajstić information content (AvgIpc) is 3.03. The van der Waals surface area contributed by atoms with Crippen LogP contribution in [0.2, 0.25) is 18.1 Å². The largest absolute Gasteiger partial charge is 0.298 e. The van der Waals surface area contributed by atoms with E-state index in [-0.39, 0.29) is 0 Å². The van der Waals surface area contributed by atoms with Crippen LogP contribution in [0.15, 0.2) is 54.7 Å². The number of benzene rings is 1. The molecule has 122 valence electrons. The highest BCUT2D eigenvalue weighted by atomic mass is 28.3. The minimum atomic E-state index is -1.47. The van der Waals surface area contributed by atoms with Gasteiger partial charge in [-0.3, -0.25) is 4.40 Å². The molecule has 0 N–H and O–H groups in total. The van der Waals surface area contributed by atoms with Gasteiger partial charge >= 0.3 is 0 Å². The number of pyridine rings is 1. The molecule has 0 amide bonds. The molecular formula is C21H24N2Si. The van der Waals surface area contributed by atoms with E-state index in [0.29, 0.717) is 0 Å². The maximum atomic E-state index is 4.88. The molecule has 0 aliphatic carbocycles. The molecule has 0 saturated heterocycles. The van der Waals surface area contributed by atoms with E-state index < -0.39 is 8.07 Å². The lowest BCUT2D eigenvalue weighted by atomic mass is 10.2. The Morgan fingerprint density at radius 1 is 0.917 bits per heavy atom. The zero-order valence-electron chi connectivity index (χ0n) is 14.7. The van der Waals surface area contributed by atoms with Crippen LogP contribution in [0.3, 0.4) is 0 Å². The van der Waals surface area contributed by atoms with Gasteiger partial charge in [0.05, 0.1) is 5.52 Å². The van der Waals surface area contributed by atoms with Gasteiger partial charge in [0, 0.05) is 11.8 Å². The number of hydrogen-bond donors (Lipinski definition) is 0. The third-order valence-electron chi connectivity index (χ3n) is 5.06. The topological polar surface area (TPSA) is 17.3 Å². The molecule has 2 heterocycles. The van der Waals surface area contributed by atoms with E-state index in [1.54, 1.807) is 0 Å². The summed E-state index contributed by atoms with van der Waals surface area (Å²) in [6.45, 7) is 6.86. The molecule has 0 radical (unpaired) electrons. The number of nitrogens with zero attached hydrogens (tertiary/aromatic N) is 2. The SMILES string of the molecule is CC[Si](C#Cc1nc(-c2ccccc2)n2ccccc12)(CC)CC. The fourth-order valence-corrected chi connectivity index (χ4v) is 5.54. The molecular weight excluding hydrogens is 308 g/mol. The van der Waals surface area contributed by atoms with Crippen molar-refractivity contribution in [2.24, 2.45) is 0 Å². The van der Waals surface area contributed by atoms with Crippen molar-refractivity contribution >= 4 is 13.6 Å². The van der Waals surface area contributed by atoms with Crippen molar-refractivity contribution in [1.29, 1.82) is 0 Å². The third-order valence-corrected chi connectivity index (χ3v) is 9.77. The Morgan fingerprint density at radius 3 is 2.25 bits per heavy atom. The van der Waals surface area contributed by atoms with Gasteiger partial charge in [-0.15, -0.1) is 5.54 Å². The van der Waals surface area contributed by atoms with Crippen LogP contribution in [0.4, 0.5) is 0 Å². The summed E-state index contributed by atoms with van der Waals surface area (Å²) in [6.07, 6.45) is 2.07. The van der Waals surface area contributed by atoms with E-state index >= 15 is 0 Å². The van der Waals surface area contributed by atoms with Gasteiger partial charge in [-0.05, 0) is 30.3 Å². The van der Waals surface area contributed by atoms with E-state index in [0.717, 1.165) is 22.6 Å². The van der Waals surface area contributed by atoms with Gasteiger partial charge < -0.3 is 0 Å². The lowest BCUT2D eigenvalue weighted by Crippen LogP contribution is -2.29. The summed E-state index contributed by atoms with van der Waals surface area (Å²) in [6, 6.07) is 20.2. The molecule has 0 spiro atoms. The Bertz CT molecular complexity index is 872. The summed E-state index contributed by atoms with van der Waals surface area (Å²) in [5, 5.41) is 0. The summed E-state index contributed by atoms with van der Waals surface area (Å²) in [4.78, 5) is 4.88. The second-order valence-corrected chi connectivity index (χ2v) is 11.1. The summed E-state index contributed by atoms with van der Waals surface area (Å²) < 4.78 is 2.15. The quantitative estimate of drug-likeness (QED) is 0.462. The second-order valence-electron chi connectivity index (χ2n) is 6.20. The van der Waals surface area contributed by atoms with Crippen LogP contribution < -0.4 is 0 Å². The molecule has 0 saturated carbocycles. The van der Waals surface area contributed by atoms with E-state index in [1.807, 2.05) is 24.3 Å². The fraction of sp³-hybridized carbons (Fsp3) is 0.286. The van der Waals surface area contributed by atoms with Crippen LogP contribution in [0.25, 0.3) is 16.9 Å². The zero-order valence-corrected chi connectivity index (χ0v) is 15.7. The van der Waals surface area contributed by atoms with Crippen LogP contribution in [0.1, 0.15) is 26.5 Å². The minimum Gasteiger partial charge on any atom is -0.298 e. The molecule has 0 fully saturated rings. The Hall–Kier alpha value is -2.31. The van der Waals surface area contributed by atoms with E-state index in [2.05, 4.69) is 67.1 Å². The van der Waals surface area contributed by atoms with Gasteiger partial charge in [-0.2, -0.15) is 0 Å². The van der Waals surface area contributed by atoms with Crippen molar-refractivity contribution in [3.63, 3.8) is 0 Å². The first-order valence-corrected chi connectivity index (χ1v) is 11.4. The highest BCUT2D eigenvalue weighted by Crippen LogP contribution is 2.23. The van der Waals surface area contributed by atoms with Crippen molar-refractivity contribution < 1.29 is 0 Å². The lowest BCUT2D eigenvalue weighted by Gasteiger charge is -2.19. The molecule has 3 rings (SSSR count). The molecule has 3 aromatic rings. The summed E-state index contributed by atoms with van der Waals surface area (Å²) in [5.74, 6) is 4.42. The van der Waals surface area contributed by atoms with Crippen LogP contribution in [-0.2, 0) is 0 Å². The summed E-state index contributed by atoms with van der Waals surface area (Å²) in [7, 11) is -1.47. The summed E-state index contributed by atoms with van der Waals surface area (Å²) in [5.41, 5.74) is 6.79. The van der Waals surface area contributed by atoms with E-state index in [1.165, 1.54) is 18.1 Å². The summed E-state index contributed by atoms with van der Waals surface area (Å²) >= 11 is 0. The van der Waals surface area contributed by atoms with Crippen LogP contribution in [0.5, 0.6) is 0 Å². The average molecular weight is 333 g/mol. The molecule has 0 bridgehead atoms. The number of rotatable bonds is 4. The van der Waals surface area contributed by atoms with E-state index in [4.69, 9.17) is 4.98 Å². The molecule has 0 atom stereocenters. The molecule has 2 aromatic heterocycles. The first kappa shape index (κ1) is 16.5. The molecule has 24 heavy (non-hydrogen) atoms. The highest BCUT2D eigenvalue weighted by molar-refractivity contribution is 6.87. The van der Waals surface area contributed by atoms with E-state index in [9.17, 15) is 0 Å². The van der Waals surface area contributed by atoms with Crippen molar-refractivity contribution in [3.8, 4) is 22.9 Å². The molecule has 0 unspecified atom stereocenters. The fourth-order valence-electron chi connectivity index (χ4n) is 3.13. The monoisotopic (exact) mass is 332 g/mol. The Labute approximate surface area is 145 Å². The minimum absolute atomic E-state index is 0.904. The standard InChI is InChI=1S/C21H24N2Si/c1-4-24(5-2,6-3)17-15-19-20-14-10-11-16-23(20)21(22-19)18-12-8-7-9-13-18/h7-14,16H,4-6H2,1-3H3. The lowest BCUT2D eigenvalue weighted by molar-refractivity contribution is 1.16. The smallest absolute Gasteiger partial charge is 0.146 e. The van der Waals surface area contributed by atoms with Gasteiger partial charge in [0.2, 0.25) is 0 Å². The molecule has 2 nitrogen and oxygen atoms in total. The highest BCUT2D eigenvalue weighted by Gasteiger charge is 2.24. The van der Waals surface area contributed by atoms with Crippen molar-refractivity contribution in [3.05, 3.63) is 60.4 Å². The zero-order chi connectivity index (χ0) is 17.0. The van der Waals surface area contributed by atoms with Crippen molar-refractivity contribution in [2.75, 3.05) is 0 Å². The normalized spacial score (nSPS) is 11.3. The predicted molar refractivity (Wildman–Crippen MR) is 105 cm³/mol. The number of imidazole rings is 1. The Balaban J connectivity index is 2.14. The molecule has 1 aromatic carbocycles. The van der Waals surface area contributed by atoms with Crippen LogP contribution >= 0.6 is 0 Å². The Morgan fingerprint density at radius 2 is 1.58 bits per heavy atom. The first-order chi connectivity index (χ1) is 11.7. The number of fused-ring (bicyclic) bond motifs is 1. The van der Waals surface area contributed by atoms with Crippen LogP contribution in [-0.4, -0.2) is 17.5 Å².